The van der Waals surface area contributed by atoms with Crippen LogP contribution in [-0.2, 0) is 7.05 Å². The Morgan fingerprint density at radius 2 is 1.94 bits per heavy atom. The van der Waals surface area contributed by atoms with E-state index in [0.717, 1.165) is 35.3 Å². The Kier molecular flexibility index (Phi) is 4.68. The van der Waals surface area contributed by atoms with Crippen molar-refractivity contribution < 1.29 is 4.39 Å². The first kappa shape index (κ1) is 20.2. The summed E-state index contributed by atoms with van der Waals surface area (Å²) >= 11 is 0. The van der Waals surface area contributed by atoms with Crippen molar-refractivity contribution >= 4 is 16.7 Å². The highest BCUT2D eigenvalue weighted by atomic mass is 19.1. The monoisotopic (exact) mass is 426 g/mol. The minimum atomic E-state index is -0.354. The van der Waals surface area contributed by atoms with Crippen LogP contribution in [0.5, 0.6) is 0 Å². The van der Waals surface area contributed by atoms with Crippen LogP contribution in [0, 0.1) is 17.1 Å². The van der Waals surface area contributed by atoms with Gasteiger partial charge in [0.05, 0.1) is 28.4 Å². The molecule has 1 fully saturated rings. The standard InChI is InChI=1S/C25H23FN6/c1-25(28)9-10-32(15-25)23-18(17-6-3-5-16(11-17)12-27)13-29-14-19(23)24-30-22-20(26)7-4-8-21(22)31(24)2/h3-8,11,13-14H,9-10,15,28H2,1-2H3/t25-/m0/s1. The van der Waals surface area contributed by atoms with Crippen LogP contribution in [-0.4, -0.2) is 33.2 Å². The lowest BCUT2D eigenvalue weighted by Gasteiger charge is -2.26. The number of aryl methyl sites for hydroxylation is 1. The van der Waals surface area contributed by atoms with Crippen LogP contribution in [0.25, 0.3) is 33.5 Å². The van der Waals surface area contributed by atoms with Crippen molar-refractivity contribution in [1.29, 1.82) is 5.26 Å². The molecule has 0 radical (unpaired) electrons. The number of imidazole rings is 1. The summed E-state index contributed by atoms with van der Waals surface area (Å²) in [6.45, 7) is 3.51. The number of halogens is 1. The maximum absolute atomic E-state index is 14.5. The predicted molar refractivity (Wildman–Crippen MR) is 123 cm³/mol. The number of fused-ring (bicyclic) bond motifs is 1. The van der Waals surface area contributed by atoms with E-state index in [-0.39, 0.29) is 11.4 Å². The summed E-state index contributed by atoms with van der Waals surface area (Å²) in [7, 11) is 1.88. The second-order valence-corrected chi connectivity index (χ2v) is 8.70. The molecular weight excluding hydrogens is 403 g/mol. The molecule has 1 saturated heterocycles. The van der Waals surface area contributed by atoms with Gasteiger partial charge in [-0.2, -0.15) is 5.26 Å². The van der Waals surface area contributed by atoms with E-state index < -0.39 is 0 Å². The van der Waals surface area contributed by atoms with E-state index in [9.17, 15) is 9.65 Å². The summed E-state index contributed by atoms with van der Waals surface area (Å²) in [5.74, 6) is 0.281. The van der Waals surface area contributed by atoms with Gasteiger partial charge >= 0.3 is 0 Å². The van der Waals surface area contributed by atoms with Crippen molar-refractivity contribution in [3.8, 4) is 28.6 Å². The van der Waals surface area contributed by atoms with Crippen molar-refractivity contribution in [3.63, 3.8) is 0 Å². The summed E-state index contributed by atoms with van der Waals surface area (Å²) < 4.78 is 16.4. The first-order valence-corrected chi connectivity index (χ1v) is 10.5. The van der Waals surface area contributed by atoms with Gasteiger partial charge in [-0.25, -0.2) is 9.37 Å². The molecule has 1 aliphatic heterocycles. The highest BCUT2D eigenvalue weighted by Crippen LogP contribution is 2.41. The first-order valence-electron chi connectivity index (χ1n) is 10.5. The molecule has 7 heteroatoms. The number of para-hydroxylation sites is 1. The largest absolute Gasteiger partial charge is 0.368 e. The fourth-order valence-electron chi connectivity index (χ4n) is 4.52. The van der Waals surface area contributed by atoms with Gasteiger partial charge < -0.3 is 15.2 Å². The number of nitriles is 1. The highest BCUT2D eigenvalue weighted by molar-refractivity contribution is 5.91. The van der Waals surface area contributed by atoms with Crippen molar-refractivity contribution in [2.75, 3.05) is 18.0 Å². The third-order valence-corrected chi connectivity index (χ3v) is 6.14. The molecule has 2 N–H and O–H groups in total. The topological polar surface area (TPSA) is 83.8 Å². The zero-order valence-corrected chi connectivity index (χ0v) is 18.0. The third kappa shape index (κ3) is 3.29. The molecule has 0 unspecified atom stereocenters. The van der Waals surface area contributed by atoms with Gasteiger partial charge in [0.1, 0.15) is 11.3 Å². The van der Waals surface area contributed by atoms with Crippen molar-refractivity contribution in [2.45, 2.75) is 18.9 Å². The quantitative estimate of drug-likeness (QED) is 0.530. The van der Waals surface area contributed by atoms with Crippen molar-refractivity contribution in [2.24, 2.45) is 12.8 Å². The zero-order valence-electron chi connectivity index (χ0n) is 18.0. The summed E-state index contributed by atoms with van der Waals surface area (Å²) in [5, 5.41) is 9.39. The first-order chi connectivity index (χ1) is 15.4. The van der Waals surface area contributed by atoms with E-state index in [1.807, 2.05) is 49.0 Å². The molecule has 0 aliphatic carbocycles. The van der Waals surface area contributed by atoms with Gasteiger partial charge in [-0.15, -0.1) is 0 Å². The Balaban J connectivity index is 1.78. The predicted octanol–water partition coefficient (Wildman–Crippen LogP) is 4.24. The average molecular weight is 426 g/mol. The normalized spacial score (nSPS) is 18.3. The molecule has 0 amide bonds. The Hall–Kier alpha value is -3.76. The third-order valence-electron chi connectivity index (χ3n) is 6.14. The van der Waals surface area contributed by atoms with Crippen molar-refractivity contribution in [3.05, 3.63) is 66.2 Å². The fourth-order valence-corrected chi connectivity index (χ4v) is 4.52. The maximum Gasteiger partial charge on any atom is 0.151 e. The Morgan fingerprint density at radius 3 is 2.66 bits per heavy atom. The lowest BCUT2D eigenvalue weighted by Crippen LogP contribution is -2.39. The number of anilines is 1. The molecule has 4 aromatic rings. The molecule has 5 rings (SSSR count). The molecule has 3 heterocycles. The summed E-state index contributed by atoms with van der Waals surface area (Å²) in [4.78, 5) is 11.4. The average Bonchev–Trinajstić information content (AvgIpc) is 3.33. The van der Waals surface area contributed by atoms with Crippen LogP contribution in [0.4, 0.5) is 10.1 Å². The van der Waals surface area contributed by atoms with Crippen molar-refractivity contribution in [1.82, 2.24) is 14.5 Å². The van der Waals surface area contributed by atoms with Crippen LogP contribution >= 0.6 is 0 Å². The van der Waals surface area contributed by atoms with Gasteiger partial charge in [-0.1, -0.05) is 18.2 Å². The molecule has 160 valence electrons. The molecule has 2 aromatic carbocycles. The summed E-state index contributed by atoms with van der Waals surface area (Å²) in [5.41, 5.74) is 11.3. The second-order valence-electron chi connectivity index (χ2n) is 8.70. The lowest BCUT2D eigenvalue weighted by molar-refractivity contribution is 0.525. The maximum atomic E-state index is 14.5. The smallest absolute Gasteiger partial charge is 0.151 e. The molecule has 0 spiro atoms. The minimum Gasteiger partial charge on any atom is -0.368 e. The highest BCUT2D eigenvalue weighted by Gasteiger charge is 2.33. The molecule has 1 aliphatic rings. The van der Waals surface area contributed by atoms with Gasteiger partial charge in [0.2, 0.25) is 0 Å². The Morgan fingerprint density at radius 1 is 1.16 bits per heavy atom. The van der Waals surface area contributed by atoms with Crippen LogP contribution in [0.2, 0.25) is 0 Å². The van der Waals surface area contributed by atoms with Crippen LogP contribution in [0.3, 0.4) is 0 Å². The van der Waals surface area contributed by atoms with Gasteiger partial charge in [0.25, 0.3) is 0 Å². The SMILES string of the molecule is Cn1c(-c2cncc(-c3cccc(C#N)c3)c2N2CC[C@](C)(N)C2)nc2c(F)cccc21. The number of nitrogens with two attached hydrogens (primary N) is 1. The fraction of sp³-hybridized carbons (Fsp3) is 0.240. The van der Waals surface area contributed by atoms with E-state index in [0.29, 0.717) is 29.0 Å². The van der Waals surface area contributed by atoms with E-state index in [1.54, 1.807) is 18.3 Å². The van der Waals surface area contributed by atoms with E-state index in [1.165, 1.54) is 6.07 Å². The van der Waals surface area contributed by atoms with E-state index in [2.05, 4.69) is 20.9 Å². The number of pyridine rings is 1. The molecular formula is C25H23FN6. The number of benzene rings is 2. The van der Waals surface area contributed by atoms with Gasteiger partial charge in [0.15, 0.2) is 5.82 Å². The molecule has 0 saturated carbocycles. The molecule has 1 atom stereocenters. The number of rotatable bonds is 3. The number of hydrogen-bond acceptors (Lipinski definition) is 5. The molecule has 32 heavy (non-hydrogen) atoms. The number of hydrogen-bond donors (Lipinski definition) is 1. The summed E-state index contributed by atoms with van der Waals surface area (Å²) in [6, 6.07) is 14.6. The van der Waals surface area contributed by atoms with Gasteiger partial charge in [-0.05, 0) is 43.2 Å². The minimum absolute atomic E-state index is 0.315. The zero-order chi connectivity index (χ0) is 22.5. The number of nitrogens with zero attached hydrogens (tertiary/aromatic N) is 5. The van der Waals surface area contributed by atoms with Crippen LogP contribution in [0.15, 0.2) is 54.9 Å². The van der Waals surface area contributed by atoms with Gasteiger partial charge in [0, 0.05) is 43.6 Å². The number of aromatic nitrogens is 3. The summed E-state index contributed by atoms with van der Waals surface area (Å²) in [6.07, 6.45) is 4.44. The van der Waals surface area contributed by atoms with E-state index >= 15 is 0 Å². The Labute approximate surface area is 185 Å². The lowest BCUT2D eigenvalue weighted by atomic mass is 9.99. The molecule has 2 aromatic heterocycles. The second kappa shape index (κ2) is 7.43. The molecule has 0 bridgehead atoms. The van der Waals surface area contributed by atoms with Crippen LogP contribution in [0.1, 0.15) is 18.9 Å². The Bertz CT molecular complexity index is 1380. The van der Waals surface area contributed by atoms with E-state index in [4.69, 9.17) is 5.73 Å². The van der Waals surface area contributed by atoms with Crippen LogP contribution < -0.4 is 10.6 Å². The van der Waals surface area contributed by atoms with Gasteiger partial charge in [-0.3, -0.25) is 4.98 Å². The molecule has 6 nitrogen and oxygen atoms in total.